The molecule has 2 heteroatoms. The summed E-state index contributed by atoms with van der Waals surface area (Å²) in [7, 11) is 0. The van der Waals surface area contributed by atoms with E-state index in [0.29, 0.717) is 6.04 Å². The van der Waals surface area contributed by atoms with Crippen LogP contribution in [0.1, 0.15) is 44.7 Å². The minimum absolute atomic E-state index is 0.0428. The first-order valence-corrected chi connectivity index (χ1v) is 6.74. The molecule has 0 spiro atoms. The van der Waals surface area contributed by atoms with E-state index in [1.807, 2.05) is 0 Å². The quantitative estimate of drug-likeness (QED) is 0.862. The van der Waals surface area contributed by atoms with Crippen LogP contribution in [0.2, 0.25) is 0 Å². The lowest BCUT2D eigenvalue weighted by atomic mass is 9.85. The van der Waals surface area contributed by atoms with Crippen molar-refractivity contribution < 1.29 is 4.74 Å². The van der Waals surface area contributed by atoms with E-state index in [9.17, 15) is 0 Å². The van der Waals surface area contributed by atoms with Gasteiger partial charge in [-0.2, -0.15) is 0 Å². The van der Waals surface area contributed by atoms with Crippen LogP contribution in [0.15, 0.2) is 24.3 Å². The van der Waals surface area contributed by atoms with Crippen molar-refractivity contribution in [3.63, 3.8) is 0 Å². The first-order valence-electron chi connectivity index (χ1n) is 6.74. The zero-order chi connectivity index (χ0) is 11.9. The Hall–Kier alpha value is -1.02. The molecule has 1 aliphatic carbocycles. The molecule has 3 rings (SSSR count). The van der Waals surface area contributed by atoms with Gasteiger partial charge < -0.3 is 10.1 Å². The molecule has 2 nitrogen and oxygen atoms in total. The van der Waals surface area contributed by atoms with Crippen LogP contribution >= 0.6 is 0 Å². The molecule has 0 amide bonds. The molecule has 2 unspecified atom stereocenters. The van der Waals surface area contributed by atoms with Gasteiger partial charge in [0.2, 0.25) is 0 Å². The number of nitrogens with one attached hydrogen (secondary N) is 1. The molecule has 1 saturated carbocycles. The third kappa shape index (κ3) is 1.95. The molecule has 1 aliphatic heterocycles. The van der Waals surface area contributed by atoms with Gasteiger partial charge in [-0.05, 0) is 38.3 Å². The molecule has 0 aromatic heterocycles. The number of rotatable bonds is 3. The number of ether oxygens (including phenoxy) is 1. The Morgan fingerprint density at radius 1 is 1.35 bits per heavy atom. The summed E-state index contributed by atoms with van der Waals surface area (Å²) >= 11 is 0. The zero-order valence-electron chi connectivity index (χ0n) is 10.7. The van der Waals surface area contributed by atoms with Crippen molar-refractivity contribution in [1.29, 1.82) is 0 Å². The predicted octanol–water partition coefficient (Wildman–Crippen LogP) is 3.29. The van der Waals surface area contributed by atoms with Crippen molar-refractivity contribution in [3.05, 3.63) is 29.8 Å². The Kier molecular flexibility index (Phi) is 2.62. The maximum absolute atomic E-state index is 6.28. The smallest absolute Gasteiger partial charge is 0.124 e. The summed E-state index contributed by atoms with van der Waals surface area (Å²) in [4.78, 5) is 0. The SMILES string of the molecule is CCNC1CC(C)(C2CC2)Oc2ccccc21. The van der Waals surface area contributed by atoms with Crippen molar-refractivity contribution in [2.24, 2.45) is 5.92 Å². The largest absolute Gasteiger partial charge is 0.487 e. The average molecular weight is 231 g/mol. The Balaban J connectivity index is 1.94. The van der Waals surface area contributed by atoms with Gasteiger partial charge in [0.05, 0.1) is 0 Å². The molecule has 92 valence electrons. The van der Waals surface area contributed by atoms with Crippen molar-refractivity contribution in [2.45, 2.75) is 44.8 Å². The summed E-state index contributed by atoms with van der Waals surface area (Å²) in [5, 5.41) is 3.60. The average Bonchev–Trinajstić information content (AvgIpc) is 3.13. The van der Waals surface area contributed by atoms with Crippen LogP contribution in [0.25, 0.3) is 0 Å². The third-order valence-electron chi connectivity index (χ3n) is 4.14. The fourth-order valence-corrected chi connectivity index (χ4v) is 3.04. The van der Waals surface area contributed by atoms with Gasteiger partial charge in [0, 0.05) is 18.0 Å². The van der Waals surface area contributed by atoms with Gasteiger partial charge in [0.15, 0.2) is 0 Å². The molecule has 1 fully saturated rings. The van der Waals surface area contributed by atoms with Crippen molar-refractivity contribution in [2.75, 3.05) is 6.54 Å². The van der Waals surface area contributed by atoms with E-state index in [-0.39, 0.29) is 5.60 Å². The second-order valence-electron chi connectivity index (χ2n) is 5.54. The van der Waals surface area contributed by atoms with Gasteiger partial charge in [-0.25, -0.2) is 0 Å². The van der Waals surface area contributed by atoms with Gasteiger partial charge in [0.1, 0.15) is 11.4 Å². The molecule has 0 bridgehead atoms. The minimum atomic E-state index is 0.0428. The van der Waals surface area contributed by atoms with E-state index >= 15 is 0 Å². The Bertz CT molecular complexity index is 413. The number of fused-ring (bicyclic) bond motifs is 1. The van der Waals surface area contributed by atoms with E-state index in [0.717, 1.165) is 24.6 Å². The van der Waals surface area contributed by atoms with Crippen LogP contribution in [0.4, 0.5) is 0 Å². The fraction of sp³-hybridized carbons (Fsp3) is 0.600. The molecular formula is C15H21NO. The van der Waals surface area contributed by atoms with Crippen LogP contribution in [0.3, 0.4) is 0 Å². The highest BCUT2D eigenvalue weighted by molar-refractivity contribution is 5.39. The monoisotopic (exact) mass is 231 g/mol. The van der Waals surface area contributed by atoms with Crippen LogP contribution in [0, 0.1) is 5.92 Å². The summed E-state index contributed by atoms with van der Waals surface area (Å²) in [5.74, 6) is 1.84. The summed E-state index contributed by atoms with van der Waals surface area (Å²) in [6.07, 6.45) is 3.76. The Labute approximate surface area is 103 Å². The number of para-hydroxylation sites is 1. The lowest BCUT2D eigenvalue weighted by Gasteiger charge is -2.40. The van der Waals surface area contributed by atoms with Crippen LogP contribution in [-0.2, 0) is 0 Å². The molecule has 0 saturated heterocycles. The molecule has 17 heavy (non-hydrogen) atoms. The summed E-state index contributed by atoms with van der Waals surface area (Å²) in [6, 6.07) is 8.93. The fourth-order valence-electron chi connectivity index (χ4n) is 3.04. The molecule has 1 N–H and O–H groups in total. The highest BCUT2D eigenvalue weighted by Gasteiger charge is 2.47. The lowest BCUT2D eigenvalue weighted by Crippen LogP contribution is -2.43. The van der Waals surface area contributed by atoms with Crippen molar-refractivity contribution in [1.82, 2.24) is 5.32 Å². The maximum atomic E-state index is 6.28. The highest BCUT2D eigenvalue weighted by atomic mass is 16.5. The third-order valence-corrected chi connectivity index (χ3v) is 4.14. The Morgan fingerprint density at radius 3 is 2.82 bits per heavy atom. The molecular weight excluding hydrogens is 210 g/mol. The first-order chi connectivity index (χ1) is 8.23. The van der Waals surface area contributed by atoms with Crippen LogP contribution in [-0.4, -0.2) is 12.1 Å². The van der Waals surface area contributed by atoms with Crippen LogP contribution < -0.4 is 10.1 Å². The topological polar surface area (TPSA) is 21.3 Å². The molecule has 1 heterocycles. The van der Waals surface area contributed by atoms with Crippen LogP contribution in [0.5, 0.6) is 5.75 Å². The zero-order valence-corrected chi connectivity index (χ0v) is 10.7. The van der Waals surface area contributed by atoms with Crippen molar-refractivity contribution >= 4 is 0 Å². The first kappa shape index (κ1) is 11.1. The molecule has 0 radical (unpaired) electrons. The minimum Gasteiger partial charge on any atom is -0.487 e. The van der Waals surface area contributed by atoms with Gasteiger partial charge in [-0.1, -0.05) is 25.1 Å². The van der Waals surface area contributed by atoms with E-state index < -0.39 is 0 Å². The molecule has 1 aromatic carbocycles. The van der Waals surface area contributed by atoms with Gasteiger partial charge in [-0.3, -0.25) is 0 Å². The van der Waals surface area contributed by atoms with Gasteiger partial charge >= 0.3 is 0 Å². The standard InChI is InChI=1S/C15H21NO/c1-3-16-13-10-15(2,11-8-9-11)17-14-7-5-4-6-12(13)14/h4-7,11,13,16H,3,8-10H2,1-2H3. The summed E-state index contributed by atoms with van der Waals surface area (Å²) in [6.45, 7) is 5.47. The molecule has 2 aliphatic rings. The van der Waals surface area contributed by atoms with E-state index in [1.54, 1.807) is 0 Å². The molecule has 1 aromatic rings. The molecule has 2 atom stereocenters. The second-order valence-corrected chi connectivity index (χ2v) is 5.54. The normalized spacial score (nSPS) is 31.8. The number of benzene rings is 1. The maximum Gasteiger partial charge on any atom is 0.124 e. The van der Waals surface area contributed by atoms with E-state index in [1.165, 1.54) is 18.4 Å². The highest BCUT2D eigenvalue weighted by Crippen LogP contribution is 2.50. The number of hydrogen-bond donors (Lipinski definition) is 1. The van der Waals surface area contributed by atoms with E-state index in [4.69, 9.17) is 4.74 Å². The van der Waals surface area contributed by atoms with Gasteiger partial charge in [-0.15, -0.1) is 0 Å². The lowest BCUT2D eigenvalue weighted by molar-refractivity contribution is 0.0272. The second kappa shape index (κ2) is 4.02. The van der Waals surface area contributed by atoms with Gasteiger partial charge in [0.25, 0.3) is 0 Å². The Morgan fingerprint density at radius 2 is 2.12 bits per heavy atom. The predicted molar refractivity (Wildman–Crippen MR) is 69.2 cm³/mol. The van der Waals surface area contributed by atoms with Crippen molar-refractivity contribution in [3.8, 4) is 5.75 Å². The number of hydrogen-bond acceptors (Lipinski definition) is 2. The summed E-state index contributed by atoms with van der Waals surface area (Å²) in [5.41, 5.74) is 1.37. The van der Waals surface area contributed by atoms with E-state index in [2.05, 4.69) is 43.4 Å². The summed E-state index contributed by atoms with van der Waals surface area (Å²) < 4.78 is 6.28.